The van der Waals surface area contributed by atoms with Crippen molar-refractivity contribution in [3.63, 3.8) is 0 Å². The van der Waals surface area contributed by atoms with E-state index >= 15 is 0 Å². The number of rotatable bonds is 4. The molecule has 1 amide bonds. The van der Waals surface area contributed by atoms with Gasteiger partial charge in [0.15, 0.2) is 0 Å². The molecule has 0 bridgehead atoms. The van der Waals surface area contributed by atoms with Crippen LogP contribution < -0.4 is 10.6 Å². The van der Waals surface area contributed by atoms with Gasteiger partial charge in [-0.3, -0.25) is 9.36 Å². The normalized spacial score (nSPS) is 14.7. The number of carbonyl (C=O) groups is 1. The molecule has 0 saturated heterocycles. The van der Waals surface area contributed by atoms with Gasteiger partial charge in [-0.25, -0.2) is 0 Å². The fourth-order valence-electron chi connectivity index (χ4n) is 3.11. The zero-order valence-corrected chi connectivity index (χ0v) is 13.7. The highest BCUT2D eigenvalue weighted by molar-refractivity contribution is 5.89. The van der Waals surface area contributed by atoms with Crippen LogP contribution >= 0.6 is 0 Å². The summed E-state index contributed by atoms with van der Waals surface area (Å²) in [5, 5.41) is 8.28. The highest BCUT2D eigenvalue weighted by atomic mass is 16.1. The van der Waals surface area contributed by atoms with Crippen molar-refractivity contribution in [2.75, 3.05) is 18.0 Å². The zero-order chi connectivity index (χ0) is 16.4. The van der Waals surface area contributed by atoms with E-state index in [1.165, 1.54) is 11.1 Å². The Morgan fingerprint density at radius 1 is 1.17 bits per heavy atom. The minimum absolute atomic E-state index is 0.246. The first kappa shape index (κ1) is 15.5. The molecule has 1 aromatic carbocycles. The number of nitrogens with zero attached hydrogens (tertiary/aromatic N) is 4. The van der Waals surface area contributed by atoms with Crippen molar-refractivity contribution in [2.24, 2.45) is 11.7 Å². The number of benzene rings is 1. The second-order valence-electron chi connectivity index (χ2n) is 6.45. The molecule has 122 valence electrons. The minimum atomic E-state index is -0.525. The average molecular weight is 313 g/mol. The molecular weight excluding hydrogens is 290 g/mol. The number of primary amides is 1. The van der Waals surface area contributed by atoms with Gasteiger partial charge in [0.1, 0.15) is 0 Å². The van der Waals surface area contributed by atoms with Crippen molar-refractivity contribution in [1.29, 1.82) is 0 Å². The number of anilines is 1. The van der Waals surface area contributed by atoms with Gasteiger partial charge in [0.25, 0.3) is 5.91 Å². The smallest absolute Gasteiger partial charge is 0.286 e. The lowest BCUT2D eigenvalue weighted by molar-refractivity contribution is 0.0985. The summed E-state index contributed by atoms with van der Waals surface area (Å²) in [6, 6.07) is 8.54. The average Bonchev–Trinajstić information content (AvgIpc) is 2.79. The van der Waals surface area contributed by atoms with Crippen molar-refractivity contribution < 1.29 is 4.79 Å². The van der Waals surface area contributed by atoms with Gasteiger partial charge in [-0.1, -0.05) is 38.1 Å². The third-order valence-electron chi connectivity index (χ3n) is 4.20. The van der Waals surface area contributed by atoms with Gasteiger partial charge in [-0.05, 0) is 29.9 Å². The van der Waals surface area contributed by atoms with Crippen molar-refractivity contribution in [3.8, 4) is 0 Å². The molecule has 3 rings (SSSR count). The maximum atomic E-state index is 11.6. The lowest BCUT2D eigenvalue weighted by atomic mass is 10.0. The topological polar surface area (TPSA) is 77.0 Å². The van der Waals surface area contributed by atoms with Gasteiger partial charge >= 0.3 is 0 Å². The van der Waals surface area contributed by atoms with E-state index in [1.807, 2.05) is 4.57 Å². The molecule has 1 aliphatic rings. The summed E-state index contributed by atoms with van der Waals surface area (Å²) in [6.07, 6.45) is 1.94. The lowest BCUT2D eigenvalue weighted by Gasteiger charge is -2.23. The van der Waals surface area contributed by atoms with E-state index in [1.54, 1.807) is 0 Å². The van der Waals surface area contributed by atoms with Crippen LogP contribution in [-0.2, 0) is 19.4 Å². The van der Waals surface area contributed by atoms with Crippen molar-refractivity contribution in [3.05, 3.63) is 41.2 Å². The van der Waals surface area contributed by atoms with E-state index in [4.69, 9.17) is 5.73 Å². The molecule has 0 saturated carbocycles. The monoisotopic (exact) mass is 313 g/mol. The molecule has 0 fully saturated rings. The summed E-state index contributed by atoms with van der Waals surface area (Å²) in [6.45, 7) is 6.63. The maximum Gasteiger partial charge on any atom is 0.286 e. The highest BCUT2D eigenvalue weighted by Gasteiger charge is 2.23. The second kappa shape index (κ2) is 6.40. The molecule has 0 atom stereocenters. The molecule has 6 heteroatoms. The summed E-state index contributed by atoms with van der Waals surface area (Å²) in [5.41, 5.74) is 8.23. The Morgan fingerprint density at radius 2 is 1.78 bits per heavy atom. The molecule has 2 aromatic rings. The van der Waals surface area contributed by atoms with Crippen LogP contribution in [0.1, 0.15) is 35.6 Å². The Labute approximate surface area is 136 Å². The van der Waals surface area contributed by atoms with E-state index in [9.17, 15) is 4.79 Å². The predicted octanol–water partition coefficient (Wildman–Crippen LogP) is 1.64. The number of hydrogen-bond donors (Lipinski definition) is 1. The zero-order valence-electron chi connectivity index (χ0n) is 13.7. The van der Waals surface area contributed by atoms with Crippen LogP contribution in [0.2, 0.25) is 0 Å². The standard InChI is InChI=1S/C17H23N5O/c1-12(2)11-22-16(15(18)23)19-20-17(22)21-9-7-13-5-3-4-6-14(13)8-10-21/h3-6,12H,7-11H2,1-2H3,(H2,18,23). The van der Waals surface area contributed by atoms with Gasteiger partial charge in [-0.15, -0.1) is 10.2 Å². The molecular formula is C17H23N5O. The first-order chi connectivity index (χ1) is 11.1. The molecule has 0 aliphatic carbocycles. The second-order valence-corrected chi connectivity index (χ2v) is 6.45. The summed E-state index contributed by atoms with van der Waals surface area (Å²) >= 11 is 0. The van der Waals surface area contributed by atoms with Crippen LogP contribution in [0.15, 0.2) is 24.3 Å². The third-order valence-corrected chi connectivity index (χ3v) is 4.20. The Balaban J connectivity index is 1.89. The summed E-state index contributed by atoms with van der Waals surface area (Å²) in [4.78, 5) is 13.8. The molecule has 2 heterocycles. The fraction of sp³-hybridized carbons (Fsp3) is 0.471. The molecule has 1 aliphatic heterocycles. The Kier molecular flexibility index (Phi) is 4.32. The largest absolute Gasteiger partial charge is 0.363 e. The highest BCUT2D eigenvalue weighted by Crippen LogP contribution is 2.21. The van der Waals surface area contributed by atoms with Gasteiger partial charge < -0.3 is 10.6 Å². The Bertz CT molecular complexity index is 680. The quantitative estimate of drug-likeness (QED) is 0.931. The summed E-state index contributed by atoms with van der Waals surface area (Å²) < 4.78 is 1.86. The van der Waals surface area contributed by atoms with Crippen LogP contribution in [0.25, 0.3) is 0 Å². The predicted molar refractivity (Wildman–Crippen MR) is 89.4 cm³/mol. The molecule has 0 spiro atoms. The van der Waals surface area contributed by atoms with E-state index < -0.39 is 5.91 Å². The molecule has 1 aromatic heterocycles. The van der Waals surface area contributed by atoms with Crippen LogP contribution in [-0.4, -0.2) is 33.8 Å². The molecule has 2 N–H and O–H groups in total. The van der Waals surface area contributed by atoms with E-state index in [-0.39, 0.29) is 5.82 Å². The van der Waals surface area contributed by atoms with Gasteiger partial charge in [-0.2, -0.15) is 0 Å². The Hall–Kier alpha value is -2.37. The number of amides is 1. The van der Waals surface area contributed by atoms with Crippen LogP contribution in [0.5, 0.6) is 0 Å². The van der Waals surface area contributed by atoms with E-state index in [2.05, 4.69) is 53.2 Å². The molecule has 0 unspecified atom stereocenters. The van der Waals surface area contributed by atoms with Gasteiger partial charge in [0.05, 0.1) is 0 Å². The summed E-state index contributed by atoms with van der Waals surface area (Å²) in [7, 11) is 0. The van der Waals surface area contributed by atoms with Crippen LogP contribution in [0, 0.1) is 5.92 Å². The Morgan fingerprint density at radius 3 is 2.30 bits per heavy atom. The number of aromatic nitrogens is 3. The SMILES string of the molecule is CC(C)Cn1c(C(N)=O)nnc1N1CCc2ccccc2CC1. The maximum absolute atomic E-state index is 11.6. The van der Waals surface area contributed by atoms with Crippen molar-refractivity contribution in [1.82, 2.24) is 14.8 Å². The lowest BCUT2D eigenvalue weighted by Crippen LogP contribution is -2.30. The van der Waals surface area contributed by atoms with Gasteiger partial charge in [0, 0.05) is 19.6 Å². The molecule has 6 nitrogen and oxygen atoms in total. The number of nitrogens with two attached hydrogens (primary N) is 1. The number of hydrogen-bond acceptors (Lipinski definition) is 4. The van der Waals surface area contributed by atoms with E-state index in [0.29, 0.717) is 12.5 Å². The molecule has 23 heavy (non-hydrogen) atoms. The van der Waals surface area contributed by atoms with Gasteiger partial charge in [0.2, 0.25) is 11.8 Å². The first-order valence-corrected chi connectivity index (χ1v) is 8.11. The summed E-state index contributed by atoms with van der Waals surface area (Å²) in [5.74, 6) is 0.852. The number of carbonyl (C=O) groups excluding carboxylic acids is 1. The third kappa shape index (κ3) is 3.21. The fourth-order valence-corrected chi connectivity index (χ4v) is 3.11. The van der Waals surface area contributed by atoms with E-state index in [0.717, 1.165) is 31.9 Å². The van der Waals surface area contributed by atoms with Crippen LogP contribution in [0.4, 0.5) is 5.95 Å². The van der Waals surface area contributed by atoms with Crippen molar-refractivity contribution in [2.45, 2.75) is 33.2 Å². The van der Waals surface area contributed by atoms with Crippen LogP contribution in [0.3, 0.4) is 0 Å². The minimum Gasteiger partial charge on any atom is -0.363 e. The molecule has 0 radical (unpaired) electrons. The number of fused-ring (bicyclic) bond motifs is 1. The first-order valence-electron chi connectivity index (χ1n) is 8.11. The van der Waals surface area contributed by atoms with Crippen molar-refractivity contribution >= 4 is 11.9 Å².